The molecule has 0 unspecified atom stereocenters. The van der Waals surface area contributed by atoms with Crippen molar-refractivity contribution in [2.24, 2.45) is 0 Å². The van der Waals surface area contributed by atoms with E-state index in [1.54, 1.807) is 0 Å². The Balaban J connectivity index is 1.82. The molecule has 4 aromatic carbocycles. The summed E-state index contributed by atoms with van der Waals surface area (Å²) < 4.78 is 0. The van der Waals surface area contributed by atoms with E-state index in [4.69, 9.17) is 0 Å². The summed E-state index contributed by atoms with van der Waals surface area (Å²) in [5, 5.41) is 13.3. The summed E-state index contributed by atoms with van der Waals surface area (Å²) in [6, 6.07) is 27.9. The van der Waals surface area contributed by atoms with E-state index >= 15 is 0 Å². The summed E-state index contributed by atoms with van der Waals surface area (Å²) >= 11 is 0. The molecule has 0 bridgehead atoms. The van der Waals surface area contributed by atoms with Gasteiger partial charge in [0.1, 0.15) is 0 Å². The molecule has 0 radical (unpaired) electrons. The third-order valence-corrected chi connectivity index (χ3v) is 5.68. The van der Waals surface area contributed by atoms with Crippen LogP contribution in [0.1, 0.15) is 30.5 Å². The van der Waals surface area contributed by atoms with E-state index in [9.17, 15) is 5.11 Å². The lowest BCUT2D eigenvalue weighted by atomic mass is 9.83. The molecule has 0 spiro atoms. The number of aliphatic hydroxyl groups is 1. The van der Waals surface area contributed by atoms with Crippen molar-refractivity contribution in [3.8, 4) is 22.3 Å². The van der Waals surface area contributed by atoms with Crippen LogP contribution >= 0.6 is 0 Å². The summed E-state index contributed by atoms with van der Waals surface area (Å²) in [5.41, 5.74) is 7.83. The highest BCUT2D eigenvalue weighted by Crippen LogP contribution is 2.44. The first kappa shape index (κ1) is 16.3. The van der Waals surface area contributed by atoms with Gasteiger partial charge in [0.15, 0.2) is 0 Å². The monoisotopic (exact) mass is 350 g/mol. The van der Waals surface area contributed by atoms with Gasteiger partial charge in [0.25, 0.3) is 0 Å². The van der Waals surface area contributed by atoms with Gasteiger partial charge in [-0.25, -0.2) is 0 Å². The van der Waals surface area contributed by atoms with Crippen LogP contribution in [0.2, 0.25) is 0 Å². The van der Waals surface area contributed by atoms with Gasteiger partial charge in [0.2, 0.25) is 0 Å². The zero-order chi connectivity index (χ0) is 18.6. The van der Waals surface area contributed by atoms with E-state index in [-0.39, 0.29) is 0 Å². The molecule has 1 aliphatic carbocycles. The minimum Gasteiger partial charge on any atom is -0.386 e. The highest BCUT2D eigenvalue weighted by atomic mass is 16.3. The van der Waals surface area contributed by atoms with Crippen LogP contribution in [0.3, 0.4) is 0 Å². The van der Waals surface area contributed by atoms with Gasteiger partial charge >= 0.3 is 0 Å². The van der Waals surface area contributed by atoms with Crippen molar-refractivity contribution in [1.82, 2.24) is 0 Å². The minimum absolute atomic E-state index is 0.926. The van der Waals surface area contributed by atoms with Crippen LogP contribution in [-0.2, 0) is 12.0 Å². The smallest absolute Gasteiger partial charge is 0.0852 e. The number of hydrogen-bond donors (Lipinski definition) is 1. The molecule has 0 aromatic heterocycles. The van der Waals surface area contributed by atoms with Gasteiger partial charge in [-0.2, -0.15) is 0 Å². The van der Waals surface area contributed by atoms with Gasteiger partial charge in [-0.15, -0.1) is 0 Å². The Kier molecular flexibility index (Phi) is 3.50. The van der Waals surface area contributed by atoms with Crippen molar-refractivity contribution in [3.05, 3.63) is 95.6 Å². The van der Waals surface area contributed by atoms with Gasteiger partial charge in [-0.05, 0) is 70.0 Å². The number of rotatable bonds is 2. The third kappa shape index (κ3) is 2.50. The lowest BCUT2D eigenvalue weighted by Crippen LogP contribution is -2.17. The maximum absolute atomic E-state index is 11.1. The Hall–Kier alpha value is -2.90. The van der Waals surface area contributed by atoms with E-state index in [0.29, 0.717) is 0 Å². The average Bonchev–Trinajstić information content (AvgIpc) is 3.05. The molecule has 0 saturated carbocycles. The third-order valence-electron chi connectivity index (χ3n) is 5.68. The molecule has 132 valence electrons. The van der Waals surface area contributed by atoms with Crippen LogP contribution in [-0.4, -0.2) is 5.11 Å². The molecule has 0 saturated heterocycles. The van der Waals surface area contributed by atoms with Gasteiger partial charge in [0, 0.05) is 0 Å². The van der Waals surface area contributed by atoms with Crippen LogP contribution in [0.4, 0.5) is 0 Å². The molecule has 4 aromatic rings. The van der Waals surface area contributed by atoms with Crippen molar-refractivity contribution >= 4 is 10.8 Å². The van der Waals surface area contributed by atoms with Gasteiger partial charge < -0.3 is 5.11 Å². The molecule has 0 aliphatic heterocycles. The van der Waals surface area contributed by atoms with Crippen molar-refractivity contribution in [3.63, 3.8) is 0 Å². The quantitative estimate of drug-likeness (QED) is 0.396. The first-order valence-electron chi connectivity index (χ1n) is 9.49. The first-order valence-corrected chi connectivity index (χ1v) is 9.49. The Labute approximate surface area is 159 Å². The standard InChI is InChI=1S/C26H22O/c1-26(2,27)25-20-11-6-3-8-17(20)14-15-23(25)22-13-7-12-21-19-10-5-4-9-18(19)16-24(21)22/h3-15,27H,16H2,1-2H3. The maximum Gasteiger partial charge on any atom is 0.0852 e. The Morgan fingerprint density at radius 3 is 2.15 bits per heavy atom. The largest absolute Gasteiger partial charge is 0.386 e. The molecule has 0 fully saturated rings. The van der Waals surface area contributed by atoms with Gasteiger partial charge in [-0.1, -0.05) is 78.9 Å². The second kappa shape index (κ2) is 5.80. The number of benzene rings is 4. The molecule has 27 heavy (non-hydrogen) atoms. The molecule has 1 aliphatic rings. The average molecular weight is 350 g/mol. The van der Waals surface area contributed by atoms with E-state index in [2.05, 4.69) is 66.7 Å². The van der Waals surface area contributed by atoms with E-state index in [1.807, 2.05) is 26.0 Å². The Morgan fingerprint density at radius 2 is 1.33 bits per heavy atom. The second-order valence-electron chi connectivity index (χ2n) is 7.93. The van der Waals surface area contributed by atoms with Crippen LogP contribution in [0.25, 0.3) is 33.0 Å². The summed E-state index contributed by atoms with van der Waals surface area (Å²) in [6.45, 7) is 3.77. The Bertz CT molecular complexity index is 1180. The van der Waals surface area contributed by atoms with Crippen LogP contribution in [0, 0.1) is 0 Å². The summed E-state index contributed by atoms with van der Waals surface area (Å²) in [4.78, 5) is 0. The maximum atomic E-state index is 11.1. The molecule has 5 rings (SSSR count). The van der Waals surface area contributed by atoms with E-state index in [0.717, 1.165) is 28.3 Å². The highest BCUT2D eigenvalue weighted by Gasteiger charge is 2.27. The fourth-order valence-electron chi connectivity index (χ4n) is 4.56. The minimum atomic E-state index is -0.926. The second-order valence-corrected chi connectivity index (χ2v) is 7.93. The van der Waals surface area contributed by atoms with Gasteiger partial charge in [0.05, 0.1) is 5.60 Å². The lowest BCUT2D eigenvalue weighted by molar-refractivity contribution is 0.0808. The molecule has 0 heterocycles. The van der Waals surface area contributed by atoms with Crippen molar-refractivity contribution < 1.29 is 5.11 Å². The van der Waals surface area contributed by atoms with Crippen molar-refractivity contribution in [1.29, 1.82) is 0 Å². The zero-order valence-electron chi connectivity index (χ0n) is 15.7. The van der Waals surface area contributed by atoms with E-state index in [1.165, 1.54) is 27.8 Å². The fraction of sp³-hybridized carbons (Fsp3) is 0.154. The molecular weight excluding hydrogens is 328 g/mol. The van der Waals surface area contributed by atoms with Gasteiger partial charge in [-0.3, -0.25) is 0 Å². The van der Waals surface area contributed by atoms with Crippen LogP contribution in [0.15, 0.2) is 78.9 Å². The number of hydrogen-bond acceptors (Lipinski definition) is 1. The van der Waals surface area contributed by atoms with Crippen molar-refractivity contribution in [2.45, 2.75) is 25.9 Å². The predicted molar refractivity (Wildman–Crippen MR) is 113 cm³/mol. The van der Waals surface area contributed by atoms with E-state index < -0.39 is 5.60 Å². The number of fused-ring (bicyclic) bond motifs is 4. The topological polar surface area (TPSA) is 20.2 Å². The fourth-order valence-corrected chi connectivity index (χ4v) is 4.56. The normalized spacial score (nSPS) is 12.9. The SMILES string of the molecule is CC(C)(O)c1c(-c2cccc3c2Cc2ccccc2-3)ccc2ccccc12. The lowest BCUT2D eigenvalue weighted by Gasteiger charge is -2.25. The molecule has 0 amide bonds. The highest BCUT2D eigenvalue weighted by molar-refractivity contribution is 5.95. The molecule has 1 nitrogen and oxygen atoms in total. The summed E-state index contributed by atoms with van der Waals surface area (Å²) in [5.74, 6) is 0. The van der Waals surface area contributed by atoms with Crippen LogP contribution in [0.5, 0.6) is 0 Å². The van der Waals surface area contributed by atoms with Crippen LogP contribution < -0.4 is 0 Å². The molecule has 1 N–H and O–H groups in total. The zero-order valence-corrected chi connectivity index (χ0v) is 15.7. The molecule has 0 atom stereocenters. The first-order chi connectivity index (χ1) is 13.0. The van der Waals surface area contributed by atoms with Crippen molar-refractivity contribution in [2.75, 3.05) is 0 Å². The predicted octanol–water partition coefficient (Wildman–Crippen LogP) is 6.31. The molecule has 1 heteroatoms. The molecular formula is C26H22O. The summed E-state index contributed by atoms with van der Waals surface area (Å²) in [6.07, 6.45) is 0.944. The Morgan fingerprint density at radius 1 is 0.667 bits per heavy atom. The summed E-state index contributed by atoms with van der Waals surface area (Å²) in [7, 11) is 0.